The van der Waals surface area contributed by atoms with Gasteiger partial charge in [-0.25, -0.2) is 38.4 Å². The Bertz CT molecular complexity index is 2070. The Hall–Kier alpha value is -6.32. The van der Waals surface area contributed by atoms with E-state index in [-0.39, 0.29) is 81.4 Å². The van der Waals surface area contributed by atoms with Gasteiger partial charge in [-0.1, -0.05) is 141 Å². The second-order valence-electron chi connectivity index (χ2n) is 24.4. The van der Waals surface area contributed by atoms with Gasteiger partial charge in [-0.2, -0.15) is 0 Å². The van der Waals surface area contributed by atoms with Crippen molar-refractivity contribution in [3.8, 4) is 0 Å². The van der Waals surface area contributed by atoms with Gasteiger partial charge in [0.05, 0.1) is 0 Å². The van der Waals surface area contributed by atoms with Crippen molar-refractivity contribution >= 4 is 47.8 Å². The fourth-order valence-corrected chi connectivity index (χ4v) is 5.94. The van der Waals surface area contributed by atoms with E-state index >= 15 is 0 Å². The van der Waals surface area contributed by atoms with Crippen molar-refractivity contribution in [3.63, 3.8) is 0 Å². The lowest BCUT2D eigenvalue weighted by Crippen LogP contribution is -2.32. The zero-order valence-corrected chi connectivity index (χ0v) is 59.8. The van der Waals surface area contributed by atoms with Gasteiger partial charge in [-0.3, -0.25) is 0 Å². The molecule has 87 heavy (non-hydrogen) atoms. The molecule has 0 bridgehead atoms. The maximum atomic E-state index is 11.0. The van der Waals surface area contributed by atoms with Crippen molar-refractivity contribution in [2.75, 3.05) is 0 Å². The molecule has 0 spiro atoms. The number of hydrogen-bond acceptors (Lipinski definition) is 16. The molecule has 0 atom stereocenters. The third-order valence-corrected chi connectivity index (χ3v) is 12.2. The molecule has 506 valence electrons. The topological polar surface area (TPSA) is 210 Å². The normalized spacial score (nSPS) is 10.8. The highest BCUT2D eigenvalue weighted by atomic mass is 16.6. The number of rotatable bonds is 27. The van der Waals surface area contributed by atoms with Crippen LogP contribution in [0.3, 0.4) is 0 Å². The van der Waals surface area contributed by atoms with Gasteiger partial charge in [0, 0.05) is 47.6 Å². The molecule has 0 aliphatic heterocycles. The fraction of sp³-hybridized carbons (Fsp3) is 0.662. The van der Waals surface area contributed by atoms with Crippen LogP contribution in [0.25, 0.3) is 0 Å². The van der Waals surface area contributed by atoms with Gasteiger partial charge in [0.25, 0.3) is 0 Å². The van der Waals surface area contributed by atoms with E-state index in [1.54, 1.807) is 13.8 Å². The number of ether oxygens (including phenoxy) is 8. The van der Waals surface area contributed by atoms with Gasteiger partial charge in [-0.15, -0.1) is 0 Å². The molecule has 0 N–H and O–H groups in total. The molecule has 16 heteroatoms. The van der Waals surface area contributed by atoms with E-state index in [2.05, 4.69) is 73.4 Å². The van der Waals surface area contributed by atoms with Crippen LogP contribution in [0.2, 0.25) is 0 Å². The number of esters is 8. The number of carbonyl (C=O) groups is 8. The third kappa shape index (κ3) is 64.0. The third-order valence-electron chi connectivity index (χ3n) is 12.2. The minimum Gasteiger partial charge on any atom is -0.457 e. The van der Waals surface area contributed by atoms with Crippen molar-refractivity contribution in [1.29, 1.82) is 0 Å². The van der Waals surface area contributed by atoms with Crippen LogP contribution >= 0.6 is 0 Å². The molecule has 0 unspecified atom stereocenters. The van der Waals surface area contributed by atoms with Crippen molar-refractivity contribution in [2.24, 2.45) is 0 Å². The molecule has 16 nitrogen and oxygen atoms in total. The SMILES string of the molecule is C=C(C)C(=O)OC(C)(C)C.C=C(C)C(=O)OC(C)(C)CC.C=CC(=O)OC(C)(C)C.C=CC(=O)OC(C)(C)CC.C=CC(=O)OC(C)(C)CCC.C=CC(=O)OC(C)(CC)CC.C=CC(=O)OC(C)(CCC)CCC.C=CC(=O)OC(CC)(CC)CC. The van der Waals surface area contributed by atoms with Gasteiger partial charge in [0.1, 0.15) is 44.8 Å². The smallest absolute Gasteiger partial charge is 0.333 e. The summed E-state index contributed by atoms with van der Waals surface area (Å²) in [7, 11) is 0. The zero-order chi connectivity index (χ0) is 70.9. The Morgan fingerprint density at radius 1 is 0.299 bits per heavy atom. The fourth-order valence-electron chi connectivity index (χ4n) is 5.94. The van der Waals surface area contributed by atoms with Crippen molar-refractivity contribution in [3.05, 3.63) is 100 Å². The summed E-state index contributed by atoms with van der Waals surface area (Å²) in [6.45, 7) is 76.7. The molecule has 0 saturated heterocycles. The molecule has 0 heterocycles. The predicted octanol–water partition coefficient (Wildman–Crippen LogP) is 18.0. The van der Waals surface area contributed by atoms with Crippen LogP contribution in [0.1, 0.15) is 263 Å². The molecule has 0 amide bonds. The van der Waals surface area contributed by atoms with E-state index in [0.717, 1.165) is 89.5 Å². The molecule has 0 aliphatic rings. The summed E-state index contributed by atoms with van der Waals surface area (Å²) in [4.78, 5) is 86.5. The zero-order valence-electron chi connectivity index (χ0n) is 59.8. The lowest BCUT2D eigenvalue weighted by molar-refractivity contribution is -0.155. The standard InChI is InChI=1S/C11H20O2.C10H18O2.3C9H16O2.2C8H14O2.C7H12O2/c1-5-8-11(4,9-6-2)13-10(12)7-3;1-5-9(11)12-10(6-2,7-3)8-4;1-6-9(4,5)11-8(10)7(2)3;1-5-7-9(3,4)11-8(10)6-2;1-5-8(10)11-9(4,6-2)7-3;1-6(2)7(9)10-8(3,4)5;1-5-7(9)10-8(3,4)6-2;1-5-6(8)9-7(2,3)4/h7H,3,5-6,8-9H2,1-2,4H3;5H,1,6-8H2,2-4H3;2,6H2,1,3-5H3;6H,2,5,7H2,1,3-4H3;5H,1,6-7H2,2-4H3;1H2,2-5H3;5H,1,6H2,2-4H3;5H,1H2,2-4H3. The Balaban J connectivity index is -0.000000137. The van der Waals surface area contributed by atoms with Gasteiger partial charge < -0.3 is 37.9 Å². The number of hydrogen-bond donors (Lipinski definition) is 0. The Labute approximate surface area is 530 Å². The molecule has 0 aromatic carbocycles. The van der Waals surface area contributed by atoms with Crippen molar-refractivity contribution in [1.82, 2.24) is 0 Å². The minimum absolute atomic E-state index is 0.273. The second-order valence-corrected chi connectivity index (χ2v) is 24.4. The molecular formula is C71H126O16. The average Bonchev–Trinajstić information content (AvgIpc) is 3.43. The first kappa shape index (κ1) is 97.0. The van der Waals surface area contributed by atoms with Crippen molar-refractivity contribution in [2.45, 2.75) is 308 Å². The summed E-state index contributed by atoms with van der Waals surface area (Å²) < 4.78 is 40.7. The lowest BCUT2D eigenvalue weighted by Gasteiger charge is -2.29. The summed E-state index contributed by atoms with van der Waals surface area (Å²) in [5.74, 6) is -2.68. The highest BCUT2D eigenvalue weighted by Gasteiger charge is 2.28. The van der Waals surface area contributed by atoms with E-state index < -0.39 is 11.2 Å². The molecule has 0 radical (unpaired) electrons. The highest BCUT2D eigenvalue weighted by molar-refractivity contribution is 5.88. The minimum atomic E-state index is -0.407. The first-order chi connectivity index (χ1) is 39.5. The van der Waals surface area contributed by atoms with Gasteiger partial charge in [-0.05, 0) is 175 Å². The average molecular weight is 1240 g/mol. The van der Waals surface area contributed by atoms with Crippen LogP contribution in [-0.4, -0.2) is 92.6 Å². The molecule has 0 aromatic rings. The van der Waals surface area contributed by atoms with Crippen LogP contribution in [-0.2, 0) is 76.3 Å². The monoisotopic (exact) mass is 1230 g/mol. The van der Waals surface area contributed by atoms with E-state index in [9.17, 15) is 38.4 Å². The molecule has 0 aliphatic carbocycles. The van der Waals surface area contributed by atoms with Gasteiger partial charge in [0.15, 0.2) is 0 Å². The van der Waals surface area contributed by atoms with E-state index in [1.165, 1.54) is 30.4 Å². The maximum Gasteiger partial charge on any atom is 0.333 e. The van der Waals surface area contributed by atoms with Crippen LogP contribution in [0.5, 0.6) is 0 Å². The lowest BCUT2D eigenvalue weighted by atomic mass is 9.94. The van der Waals surface area contributed by atoms with Gasteiger partial charge >= 0.3 is 47.8 Å². The molecule has 0 rings (SSSR count). The largest absolute Gasteiger partial charge is 0.457 e. The summed E-state index contributed by atoms with van der Waals surface area (Å²) in [6.07, 6.45) is 18.8. The Kier molecular flexibility index (Phi) is 56.5. The molecule has 0 fully saturated rings. The van der Waals surface area contributed by atoms with Crippen molar-refractivity contribution < 1.29 is 76.3 Å². The van der Waals surface area contributed by atoms with E-state index in [0.29, 0.717) is 11.1 Å². The van der Waals surface area contributed by atoms with Gasteiger partial charge in [0.2, 0.25) is 0 Å². The summed E-state index contributed by atoms with van der Waals surface area (Å²) in [6, 6.07) is 0. The van der Waals surface area contributed by atoms with Crippen LogP contribution in [0, 0.1) is 0 Å². The predicted molar refractivity (Wildman–Crippen MR) is 358 cm³/mol. The first-order valence-corrected chi connectivity index (χ1v) is 30.4. The molecular weight excluding hydrogens is 1110 g/mol. The van der Waals surface area contributed by atoms with E-state index in [4.69, 9.17) is 37.9 Å². The van der Waals surface area contributed by atoms with Crippen LogP contribution in [0.4, 0.5) is 0 Å². The molecule has 0 saturated carbocycles. The second kappa shape index (κ2) is 50.7. The Morgan fingerprint density at radius 2 is 0.552 bits per heavy atom. The molecule has 0 aromatic heterocycles. The summed E-state index contributed by atoms with van der Waals surface area (Å²) in [5, 5.41) is 0. The summed E-state index contributed by atoms with van der Waals surface area (Å²) in [5.41, 5.74) is -1.87. The number of carbonyl (C=O) groups excluding carboxylic acids is 8. The van der Waals surface area contributed by atoms with Crippen LogP contribution < -0.4 is 0 Å². The van der Waals surface area contributed by atoms with Crippen LogP contribution in [0.15, 0.2) is 100 Å². The maximum absolute atomic E-state index is 11.0. The van der Waals surface area contributed by atoms with E-state index in [1.807, 2.05) is 145 Å². The highest BCUT2D eigenvalue weighted by Crippen LogP contribution is 2.26. The first-order valence-electron chi connectivity index (χ1n) is 30.4. The Morgan fingerprint density at radius 3 is 0.782 bits per heavy atom. The quantitative estimate of drug-likeness (QED) is 0.0425. The summed E-state index contributed by atoms with van der Waals surface area (Å²) >= 11 is 0.